The van der Waals surface area contributed by atoms with E-state index in [1.54, 1.807) is 18.2 Å². The molecule has 0 radical (unpaired) electrons. The maximum absolute atomic E-state index is 11.5. The van der Waals surface area contributed by atoms with Gasteiger partial charge in [-0.3, -0.25) is 14.9 Å². The molecule has 0 aliphatic rings. The molecule has 0 atom stereocenters. The topological polar surface area (TPSA) is 86.5 Å². The van der Waals surface area contributed by atoms with Gasteiger partial charge in [-0.15, -0.1) is 0 Å². The van der Waals surface area contributed by atoms with E-state index in [9.17, 15) is 14.9 Å². The Morgan fingerprint density at radius 2 is 1.70 bits per heavy atom. The minimum atomic E-state index is -0.641. The minimum absolute atomic E-state index is 0.243. The van der Waals surface area contributed by atoms with Crippen LogP contribution in [0.25, 0.3) is 12.2 Å². The average molecular weight is 273 g/mol. The molecule has 2 heterocycles. The second-order valence-corrected chi connectivity index (χ2v) is 3.95. The van der Waals surface area contributed by atoms with E-state index in [0.717, 1.165) is 5.76 Å². The third kappa shape index (κ3) is 3.55. The fourth-order valence-corrected chi connectivity index (χ4v) is 1.46. The van der Waals surface area contributed by atoms with E-state index >= 15 is 0 Å². The zero-order valence-corrected chi connectivity index (χ0v) is 10.6. The first kappa shape index (κ1) is 13.5. The van der Waals surface area contributed by atoms with Crippen molar-refractivity contribution in [3.63, 3.8) is 0 Å². The highest BCUT2D eigenvalue weighted by molar-refractivity contribution is 6.04. The summed E-state index contributed by atoms with van der Waals surface area (Å²) in [5.74, 6) is 0.942. The number of hydrogen-bond donors (Lipinski definition) is 0. The molecule has 6 nitrogen and oxygen atoms in total. The van der Waals surface area contributed by atoms with Gasteiger partial charge in [-0.05, 0) is 49.4 Å². The number of ketones is 1. The molecular formula is C14H11NO5. The zero-order chi connectivity index (χ0) is 14.5. The van der Waals surface area contributed by atoms with E-state index in [1.807, 2.05) is 6.92 Å². The normalized spacial score (nSPS) is 11.4. The molecule has 0 N–H and O–H groups in total. The predicted molar refractivity (Wildman–Crippen MR) is 71.9 cm³/mol. The van der Waals surface area contributed by atoms with Gasteiger partial charge in [0.25, 0.3) is 0 Å². The smallest absolute Gasteiger partial charge is 0.433 e. The van der Waals surface area contributed by atoms with E-state index in [1.165, 1.54) is 30.4 Å². The van der Waals surface area contributed by atoms with Crippen LogP contribution in [0.1, 0.15) is 17.3 Å². The monoisotopic (exact) mass is 273 g/mol. The Bertz CT molecular complexity index is 690. The number of allylic oxidation sites excluding steroid dienone is 2. The van der Waals surface area contributed by atoms with E-state index in [4.69, 9.17) is 8.83 Å². The summed E-state index contributed by atoms with van der Waals surface area (Å²) in [5, 5.41) is 10.4. The van der Waals surface area contributed by atoms with E-state index in [2.05, 4.69) is 0 Å². The Balaban J connectivity index is 1.98. The van der Waals surface area contributed by atoms with Gasteiger partial charge >= 0.3 is 5.88 Å². The number of nitrogens with zero attached hydrogens (tertiary/aromatic N) is 1. The van der Waals surface area contributed by atoms with Gasteiger partial charge in [0.05, 0.1) is 6.07 Å². The van der Waals surface area contributed by atoms with Gasteiger partial charge < -0.3 is 8.83 Å². The van der Waals surface area contributed by atoms with Crippen LogP contribution in [0.4, 0.5) is 5.88 Å². The van der Waals surface area contributed by atoms with Crippen LogP contribution in [0.15, 0.2) is 45.3 Å². The van der Waals surface area contributed by atoms with Crippen LogP contribution >= 0.6 is 0 Å². The quantitative estimate of drug-likeness (QED) is 0.473. The molecule has 0 fully saturated rings. The largest absolute Gasteiger partial charge is 0.462 e. The van der Waals surface area contributed by atoms with Crippen molar-refractivity contribution in [2.45, 2.75) is 6.92 Å². The molecule has 0 aromatic carbocycles. The fraction of sp³-hybridized carbons (Fsp3) is 0.0714. The van der Waals surface area contributed by atoms with Crippen LogP contribution in [-0.2, 0) is 4.79 Å². The van der Waals surface area contributed by atoms with Gasteiger partial charge in [0.2, 0.25) is 0 Å². The highest BCUT2D eigenvalue weighted by Crippen LogP contribution is 2.16. The predicted octanol–water partition coefficient (Wildman–Crippen LogP) is 3.38. The summed E-state index contributed by atoms with van der Waals surface area (Å²) >= 11 is 0. The molecule has 0 amide bonds. The lowest BCUT2D eigenvalue weighted by molar-refractivity contribution is -0.402. The Morgan fingerprint density at radius 3 is 2.20 bits per heavy atom. The Hall–Kier alpha value is -2.89. The standard InChI is InChI=1S/C14H11NO5/c1-10-2-5-12(19-10)6-3-11(16)4-7-13-8-9-14(20-13)15(17)18/h2-9H,1H3/b6-3-,7-4+. The second kappa shape index (κ2) is 5.83. The molecule has 0 bridgehead atoms. The Morgan fingerprint density at radius 1 is 1.10 bits per heavy atom. The van der Waals surface area contributed by atoms with Crippen LogP contribution < -0.4 is 0 Å². The molecule has 0 spiro atoms. The molecule has 2 aromatic rings. The summed E-state index contributed by atoms with van der Waals surface area (Å²) < 4.78 is 10.2. The Kier molecular flexibility index (Phi) is 3.95. The summed E-state index contributed by atoms with van der Waals surface area (Å²) in [7, 11) is 0. The number of carbonyl (C=O) groups is 1. The lowest BCUT2D eigenvalue weighted by Crippen LogP contribution is -1.84. The van der Waals surface area contributed by atoms with Crippen molar-refractivity contribution in [2.75, 3.05) is 0 Å². The number of furan rings is 2. The van der Waals surface area contributed by atoms with Gasteiger partial charge in [-0.25, -0.2) is 0 Å². The van der Waals surface area contributed by atoms with E-state index in [0.29, 0.717) is 5.76 Å². The number of rotatable bonds is 5. The molecule has 6 heteroatoms. The molecule has 0 saturated carbocycles. The molecule has 20 heavy (non-hydrogen) atoms. The minimum Gasteiger partial charge on any atom is -0.462 e. The van der Waals surface area contributed by atoms with Crippen LogP contribution in [0.5, 0.6) is 0 Å². The zero-order valence-electron chi connectivity index (χ0n) is 10.6. The van der Waals surface area contributed by atoms with Gasteiger partial charge in [0.15, 0.2) is 5.78 Å². The molecule has 102 valence electrons. The third-order valence-corrected chi connectivity index (χ3v) is 2.38. The molecule has 0 unspecified atom stereocenters. The van der Waals surface area contributed by atoms with Crippen LogP contribution in [0.2, 0.25) is 0 Å². The number of aryl methyl sites for hydroxylation is 1. The lowest BCUT2D eigenvalue weighted by Gasteiger charge is -1.85. The highest BCUT2D eigenvalue weighted by atomic mass is 16.6. The maximum atomic E-state index is 11.5. The summed E-state index contributed by atoms with van der Waals surface area (Å²) in [6.45, 7) is 1.81. The molecular weight excluding hydrogens is 262 g/mol. The van der Waals surface area contributed by atoms with Crippen LogP contribution in [0, 0.1) is 17.0 Å². The van der Waals surface area contributed by atoms with Crippen molar-refractivity contribution in [2.24, 2.45) is 0 Å². The summed E-state index contributed by atoms with van der Waals surface area (Å²) in [5.41, 5.74) is 0. The molecule has 2 rings (SSSR count). The summed E-state index contributed by atoms with van der Waals surface area (Å²) in [4.78, 5) is 21.3. The average Bonchev–Trinajstić information content (AvgIpc) is 3.03. The maximum Gasteiger partial charge on any atom is 0.433 e. The third-order valence-electron chi connectivity index (χ3n) is 2.38. The van der Waals surface area contributed by atoms with Gasteiger partial charge in [0.1, 0.15) is 22.2 Å². The molecule has 2 aromatic heterocycles. The molecule has 0 aliphatic carbocycles. The summed E-state index contributed by atoms with van der Waals surface area (Å²) in [6.07, 6.45) is 5.51. The van der Waals surface area contributed by atoms with E-state index < -0.39 is 4.92 Å². The first-order chi connectivity index (χ1) is 9.54. The van der Waals surface area contributed by atoms with Crippen molar-refractivity contribution in [1.82, 2.24) is 0 Å². The van der Waals surface area contributed by atoms with Crippen LogP contribution in [-0.4, -0.2) is 10.7 Å². The lowest BCUT2D eigenvalue weighted by atomic mass is 10.3. The number of carbonyl (C=O) groups excluding carboxylic acids is 1. The van der Waals surface area contributed by atoms with Gasteiger partial charge in [-0.1, -0.05) is 0 Å². The molecule has 0 saturated heterocycles. The number of hydrogen-bond acceptors (Lipinski definition) is 5. The SMILES string of the molecule is Cc1ccc(/C=C\C(=O)/C=C/c2ccc([N+](=O)[O-])o2)o1. The second-order valence-electron chi connectivity index (χ2n) is 3.95. The highest BCUT2D eigenvalue weighted by Gasteiger charge is 2.09. The fourth-order valence-electron chi connectivity index (χ4n) is 1.46. The Labute approximate surface area is 114 Å². The van der Waals surface area contributed by atoms with Gasteiger partial charge in [0, 0.05) is 0 Å². The first-order valence-electron chi connectivity index (χ1n) is 5.75. The van der Waals surface area contributed by atoms with Gasteiger partial charge in [-0.2, -0.15) is 0 Å². The summed E-state index contributed by atoms with van der Waals surface area (Å²) in [6, 6.07) is 6.19. The van der Waals surface area contributed by atoms with Crippen molar-refractivity contribution in [1.29, 1.82) is 0 Å². The first-order valence-corrected chi connectivity index (χ1v) is 5.75. The number of nitro groups is 1. The van der Waals surface area contributed by atoms with E-state index in [-0.39, 0.29) is 17.4 Å². The van der Waals surface area contributed by atoms with Crippen molar-refractivity contribution in [3.8, 4) is 0 Å². The van der Waals surface area contributed by atoms with Crippen molar-refractivity contribution < 1.29 is 18.6 Å². The van der Waals surface area contributed by atoms with Crippen molar-refractivity contribution >= 4 is 23.8 Å². The molecule has 0 aliphatic heterocycles. The van der Waals surface area contributed by atoms with Crippen LogP contribution in [0.3, 0.4) is 0 Å². The van der Waals surface area contributed by atoms with Crippen molar-refractivity contribution in [3.05, 3.63) is 63.8 Å².